The number of hydrogen-bond acceptors (Lipinski definition) is 4. The predicted octanol–water partition coefficient (Wildman–Crippen LogP) is 3.09. The Morgan fingerprint density at radius 3 is 2.71 bits per heavy atom. The average Bonchev–Trinajstić information content (AvgIpc) is 3.12. The second-order valence-electron chi connectivity index (χ2n) is 4.86. The molecule has 0 saturated heterocycles. The van der Waals surface area contributed by atoms with Gasteiger partial charge in [0.2, 0.25) is 4.77 Å². The molecule has 0 amide bonds. The maximum absolute atomic E-state index is 12.8. The summed E-state index contributed by atoms with van der Waals surface area (Å²) in [6, 6.07) is 9.66. The summed E-state index contributed by atoms with van der Waals surface area (Å²) in [6.45, 7) is 0.549. The SMILES string of the molecule is FC(F)(F)c1n[nH]c(=S)n1/N=C\c1cnn(Cc2ccccc2)c1. The molecule has 3 aromatic rings. The highest BCUT2D eigenvalue weighted by atomic mass is 32.1. The largest absolute Gasteiger partial charge is 0.453 e. The van der Waals surface area contributed by atoms with E-state index in [1.165, 1.54) is 12.4 Å². The number of benzene rings is 1. The maximum Gasteiger partial charge on any atom is 0.453 e. The van der Waals surface area contributed by atoms with Crippen LogP contribution in [0.15, 0.2) is 47.8 Å². The third-order valence-corrected chi connectivity index (χ3v) is 3.33. The minimum absolute atomic E-state index is 0.241. The van der Waals surface area contributed by atoms with E-state index in [0.717, 1.165) is 5.56 Å². The smallest absolute Gasteiger partial charge is 0.268 e. The van der Waals surface area contributed by atoms with Gasteiger partial charge in [-0.2, -0.15) is 28.0 Å². The molecule has 0 aliphatic carbocycles. The van der Waals surface area contributed by atoms with Crippen LogP contribution in [-0.2, 0) is 12.7 Å². The van der Waals surface area contributed by atoms with Crippen molar-refractivity contribution in [2.45, 2.75) is 12.7 Å². The highest BCUT2D eigenvalue weighted by molar-refractivity contribution is 7.71. The summed E-state index contributed by atoms with van der Waals surface area (Å²) in [5.74, 6) is -1.21. The van der Waals surface area contributed by atoms with Crippen molar-refractivity contribution in [3.05, 3.63) is 64.4 Å². The van der Waals surface area contributed by atoms with Gasteiger partial charge in [-0.05, 0) is 17.8 Å². The van der Waals surface area contributed by atoms with Crippen molar-refractivity contribution in [2.24, 2.45) is 5.10 Å². The molecule has 0 unspecified atom stereocenters. The Balaban J connectivity index is 1.79. The Labute approximate surface area is 139 Å². The Bertz CT molecular complexity index is 906. The van der Waals surface area contributed by atoms with Crippen molar-refractivity contribution in [2.75, 3.05) is 0 Å². The molecular formula is C14H11F3N6S. The van der Waals surface area contributed by atoms with Crippen molar-refractivity contribution in [1.82, 2.24) is 24.7 Å². The first-order valence-electron chi connectivity index (χ1n) is 6.79. The van der Waals surface area contributed by atoms with Gasteiger partial charge in [0.25, 0.3) is 5.82 Å². The van der Waals surface area contributed by atoms with Gasteiger partial charge in [0.1, 0.15) is 0 Å². The molecule has 10 heteroatoms. The van der Waals surface area contributed by atoms with Crippen LogP contribution in [0.5, 0.6) is 0 Å². The summed E-state index contributed by atoms with van der Waals surface area (Å²) in [6.07, 6.45) is -0.228. The van der Waals surface area contributed by atoms with Crippen LogP contribution in [-0.4, -0.2) is 30.9 Å². The van der Waals surface area contributed by atoms with Gasteiger partial charge in [0, 0.05) is 11.8 Å². The standard InChI is InChI=1S/C14H11F3N6S/c15-14(16,17)12-20-21-13(24)23(12)19-7-11-6-18-22(9-11)8-10-4-2-1-3-5-10/h1-7,9H,8H2,(H,21,24)/b19-7-. The second kappa shape index (κ2) is 6.40. The number of aromatic amines is 1. The van der Waals surface area contributed by atoms with Crippen LogP contribution < -0.4 is 0 Å². The Kier molecular flexibility index (Phi) is 4.30. The predicted molar refractivity (Wildman–Crippen MR) is 83.2 cm³/mol. The lowest BCUT2D eigenvalue weighted by Gasteiger charge is -2.03. The summed E-state index contributed by atoms with van der Waals surface area (Å²) >= 11 is 4.76. The van der Waals surface area contributed by atoms with E-state index < -0.39 is 12.0 Å². The summed E-state index contributed by atoms with van der Waals surface area (Å²) in [4.78, 5) is 0. The number of nitrogens with one attached hydrogen (secondary N) is 1. The van der Waals surface area contributed by atoms with Crippen LogP contribution in [0.3, 0.4) is 0 Å². The van der Waals surface area contributed by atoms with Crippen LogP contribution in [0.1, 0.15) is 17.0 Å². The highest BCUT2D eigenvalue weighted by Crippen LogP contribution is 2.27. The fraction of sp³-hybridized carbons (Fsp3) is 0.143. The number of nitrogens with zero attached hydrogens (tertiary/aromatic N) is 5. The van der Waals surface area contributed by atoms with Gasteiger partial charge >= 0.3 is 6.18 Å². The van der Waals surface area contributed by atoms with Crippen LogP contribution in [0.2, 0.25) is 0 Å². The van der Waals surface area contributed by atoms with E-state index in [2.05, 4.69) is 20.4 Å². The number of hydrogen-bond donors (Lipinski definition) is 1. The lowest BCUT2D eigenvalue weighted by Crippen LogP contribution is -2.12. The molecule has 1 N–H and O–H groups in total. The van der Waals surface area contributed by atoms with Gasteiger partial charge in [-0.3, -0.25) is 4.68 Å². The molecule has 124 valence electrons. The van der Waals surface area contributed by atoms with Crippen LogP contribution in [0.25, 0.3) is 0 Å². The summed E-state index contributed by atoms with van der Waals surface area (Å²) in [5, 5.41) is 13.1. The van der Waals surface area contributed by atoms with Crippen molar-refractivity contribution in [3.63, 3.8) is 0 Å². The average molecular weight is 352 g/mol. The molecule has 0 spiro atoms. The maximum atomic E-state index is 12.8. The monoisotopic (exact) mass is 352 g/mol. The van der Waals surface area contributed by atoms with Gasteiger partial charge in [0.05, 0.1) is 19.0 Å². The van der Waals surface area contributed by atoms with Crippen LogP contribution in [0, 0.1) is 4.77 Å². The van der Waals surface area contributed by atoms with Crippen molar-refractivity contribution in [3.8, 4) is 0 Å². The second-order valence-corrected chi connectivity index (χ2v) is 5.25. The zero-order valence-corrected chi connectivity index (χ0v) is 12.9. The quantitative estimate of drug-likeness (QED) is 0.580. The van der Waals surface area contributed by atoms with E-state index in [9.17, 15) is 13.2 Å². The fourth-order valence-corrected chi connectivity index (χ4v) is 2.19. The van der Waals surface area contributed by atoms with Crippen molar-refractivity contribution >= 4 is 18.4 Å². The van der Waals surface area contributed by atoms with Crippen LogP contribution in [0.4, 0.5) is 13.2 Å². The number of H-pyrrole nitrogens is 1. The molecule has 0 bridgehead atoms. The third-order valence-electron chi connectivity index (χ3n) is 3.07. The normalized spacial score (nSPS) is 12.1. The van der Waals surface area contributed by atoms with E-state index in [0.29, 0.717) is 16.8 Å². The minimum Gasteiger partial charge on any atom is -0.268 e. The Hall–Kier alpha value is -2.75. The molecule has 2 aromatic heterocycles. The Morgan fingerprint density at radius 1 is 1.25 bits per heavy atom. The Morgan fingerprint density at radius 2 is 2.00 bits per heavy atom. The minimum atomic E-state index is -4.65. The molecule has 24 heavy (non-hydrogen) atoms. The first-order valence-corrected chi connectivity index (χ1v) is 7.19. The molecule has 0 fully saturated rings. The first-order chi connectivity index (χ1) is 11.4. The highest BCUT2D eigenvalue weighted by Gasteiger charge is 2.37. The molecule has 0 aliphatic rings. The van der Waals surface area contributed by atoms with E-state index in [1.807, 2.05) is 30.3 Å². The van der Waals surface area contributed by atoms with Crippen molar-refractivity contribution in [1.29, 1.82) is 0 Å². The van der Waals surface area contributed by atoms with Gasteiger partial charge in [-0.25, -0.2) is 5.10 Å². The molecule has 3 rings (SSSR count). The third kappa shape index (κ3) is 3.59. The lowest BCUT2D eigenvalue weighted by atomic mass is 10.2. The van der Waals surface area contributed by atoms with Gasteiger partial charge < -0.3 is 0 Å². The molecule has 0 radical (unpaired) electrons. The van der Waals surface area contributed by atoms with E-state index in [-0.39, 0.29) is 4.77 Å². The molecule has 2 heterocycles. The first kappa shape index (κ1) is 16.1. The molecule has 0 atom stereocenters. The van der Waals surface area contributed by atoms with Gasteiger partial charge in [-0.15, -0.1) is 5.10 Å². The van der Waals surface area contributed by atoms with E-state index in [4.69, 9.17) is 12.2 Å². The zero-order valence-electron chi connectivity index (χ0n) is 12.1. The summed E-state index contributed by atoms with van der Waals surface area (Å²) in [7, 11) is 0. The molecule has 0 saturated carbocycles. The molecule has 1 aromatic carbocycles. The lowest BCUT2D eigenvalue weighted by molar-refractivity contribution is -0.147. The number of alkyl halides is 3. The summed E-state index contributed by atoms with van der Waals surface area (Å²) in [5.41, 5.74) is 1.60. The molecule has 0 aliphatic heterocycles. The topological polar surface area (TPSA) is 63.8 Å². The van der Waals surface area contributed by atoms with E-state index in [1.54, 1.807) is 10.9 Å². The number of halogens is 3. The summed E-state index contributed by atoms with van der Waals surface area (Å²) < 4.78 is 40.3. The fourth-order valence-electron chi connectivity index (χ4n) is 2.01. The van der Waals surface area contributed by atoms with Crippen molar-refractivity contribution < 1.29 is 13.2 Å². The van der Waals surface area contributed by atoms with Gasteiger partial charge in [0.15, 0.2) is 0 Å². The van der Waals surface area contributed by atoms with E-state index >= 15 is 0 Å². The van der Waals surface area contributed by atoms with Gasteiger partial charge in [-0.1, -0.05) is 30.3 Å². The molecular weight excluding hydrogens is 341 g/mol. The number of rotatable bonds is 4. The number of aromatic nitrogens is 5. The zero-order chi connectivity index (χ0) is 17.2. The van der Waals surface area contributed by atoms with Crippen LogP contribution >= 0.6 is 12.2 Å². The molecule has 6 nitrogen and oxygen atoms in total.